The van der Waals surface area contributed by atoms with Gasteiger partial charge in [0, 0.05) is 18.5 Å². The molecule has 1 atom stereocenters. The molecule has 1 aromatic carbocycles. The lowest BCUT2D eigenvalue weighted by Crippen LogP contribution is -2.16. The van der Waals surface area contributed by atoms with Crippen LogP contribution in [-0.4, -0.2) is 22.1 Å². The van der Waals surface area contributed by atoms with Crippen LogP contribution in [0.25, 0.3) is 0 Å². The molecular formula is C13H14ClN3O4. The molecule has 0 aromatic heterocycles. The number of halogens is 1. The molecule has 1 amide bonds. The first-order valence-corrected chi connectivity index (χ1v) is 6.85. The summed E-state index contributed by atoms with van der Waals surface area (Å²) in [6.45, 7) is 1.86. The van der Waals surface area contributed by atoms with Crippen molar-refractivity contribution in [2.45, 2.75) is 32.2 Å². The third kappa shape index (κ3) is 3.49. The molecule has 2 aliphatic rings. The fourth-order valence-corrected chi connectivity index (χ4v) is 2.40. The van der Waals surface area contributed by atoms with Crippen LogP contribution in [-0.2, 0) is 4.79 Å². The highest BCUT2D eigenvalue weighted by Gasteiger charge is 2.23. The third-order valence-corrected chi connectivity index (χ3v) is 3.46. The summed E-state index contributed by atoms with van der Waals surface area (Å²) >= 11 is 5.50. The molecule has 0 fully saturated rings. The summed E-state index contributed by atoms with van der Waals surface area (Å²) in [6, 6.07) is 2.40. The number of carbonyl (C=O) groups excluding carboxylic acids is 2. The Labute approximate surface area is 125 Å². The number of fused-ring (bicyclic) bond motifs is 8. The molecule has 0 saturated heterocycles. The van der Waals surface area contributed by atoms with Crippen molar-refractivity contribution in [3.05, 3.63) is 27.8 Å². The molecule has 2 heterocycles. The first kappa shape index (κ1) is 15.2. The van der Waals surface area contributed by atoms with E-state index in [1.54, 1.807) is 0 Å². The van der Waals surface area contributed by atoms with Crippen molar-refractivity contribution < 1.29 is 14.5 Å². The van der Waals surface area contributed by atoms with Crippen LogP contribution in [0.1, 0.15) is 36.5 Å². The Kier molecular flexibility index (Phi) is 4.42. The summed E-state index contributed by atoms with van der Waals surface area (Å²) < 4.78 is 0. The number of nitrogens with zero attached hydrogens (tertiary/aromatic N) is 1. The Morgan fingerprint density at radius 2 is 2.14 bits per heavy atom. The normalized spacial score (nSPS) is 18.4. The minimum atomic E-state index is -0.782. The molecule has 21 heavy (non-hydrogen) atoms. The number of carbonyl (C=O) groups is 2. The lowest BCUT2D eigenvalue weighted by atomic mass is 10.1. The monoisotopic (exact) mass is 311 g/mol. The van der Waals surface area contributed by atoms with Gasteiger partial charge in [-0.25, -0.2) is 0 Å². The van der Waals surface area contributed by atoms with E-state index in [9.17, 15) is 19.7 Å². The van der Waals surface area contributed by atoms with Crippen LogP contribution in [0.5, 0.6) is 0 Å². The summed E-state index contributed by atoms with van der Waals surface area (Å²) in [7, 11) is 0. The van der Waals surface area contributed by atoms with Gasteiger partial charge in [-0.1, -0.05) is 0 Å². The summed E-state index contributed by atoms with van der Waals surface area (Å²) in [5.74, 6) is -0.301. The van der Waals surface area contributed by atoms with Crippen molar-refractivity contribution in [3.8, 4) is 0 Å². The molecule has 8 heteroatoms. The summed E-state index contributed by atoms with van der Waals surface area (Å²) in [6.07, 6.45) is 1.59. The van der Waals surface area contributed by atoms with E-state index in [2.05, 4.69) is 10.6 Å². The van der Waals surface area contributed by atoms with Crippen LogP contribution in [0.15, 0.2) is 12.1 Å². The predicted molar refractivity (Wildman–Crippen MR) is 78.8 cm³/mol. The highest BCUT2D eigenvalue weighted by molar-refractivity contribution is 6.68. The van der Waals surface area contributed by atoms with Crippen LogP contribution in [0.4, 0.5) is 17.1 Å². The Morgan fingerprint density at radius 1 is 1.43 bits per heavy atom. The first-order chi connectivity index (χ1) is 9.88. The molecule has 0 radical (unpaired) electrons. The maximum Gasteiger partial charge on any atom is 0.294 e. The first-order valence-electron chi connectivity index (χ1n) is 6.47. The van der Waals surface area contributed by atoms with Crippen LogP contribution >= 0.6 is 11.6 Å². The van der Waals surface area contributed by atoms with E-state index < -0.39 is 10.2 Å². The number of nitro groups is 1. The largest absolute Gasteiger partial charge is 0.377 e. The second-order valence-electron chi connectivity index (χ2n) is 4.93. The number of anilines is 2. The van der Waals surface area contributed by atoms with Crippen molar-refractivity contribution in [2.75, 3.05) is 10.6 Å². The van der Waals surface area contributed by atoms with Crippen molar-refractivity contribution in [2.24, 2.45) is 0 Å². The Morgan fingerprint density at radius 3 is 2.76 bits per heavy atom. The van der Waals surface area contributed by atoms with E-state index >= 15 is 0 Å². The van der Waals surface area contributed by atoms with Crippen molar-refractivity contribution in [1.82, 2.24) is 0 Å². The third-order valence-electron chi connectivity index (χ3n) is 3.26. The van der Waals surface area contributed by atoms with Gasteiger partial charge in [0.15, 0.2) is 0 Å². The van der Waals surface area contributed by atoms with E-state index in [-0.39, 0.29) is 41.0 Å². The Bertz CT molecular complexity index is 618. The van der Waals surface area contributed by atoms with Crippen LogP contribution in [0.2, 0.25) is 0 Å². The number of nitro benzene ring substituents is 1. The summed E-state index contributed by atoms with van der Waals surface area (Å²) in [4.78, 5) is 33.9. The molecule has 3 rings (SSSR count). The van der Waals surface area contributed by atoms with Crippen molar-refractivity contribution in [1.29, 1.82) is 0 Å². The van der Waals surface area contributed by atoms with Gasteiger partial charge in [0.2, 0.25) is 5.91 Å². The highest BCUT2D eigenvalue weighted by Crippen LogP contribution is 2.33. The summed E-state index contributed by atoms with van der Waals surface area (Å²) in [5, 5.41) is 15.9. The van der Waals surface area contributed by atoms with Crippen molar-refractivity contribution >= 4 is 39.8 Å². The van der Waals surface area contributed by atoms with E-state index in [1.807, 2.05) is 6.92 Å². The lowest BCUT2D eigenvalue weighted by molar-refractivity contribution is -0.383. The van der Waals surface area contributed by atoms with Crippen LogP contribution < -0.4 is 10.6 Å². The van der Waals surface area contributed by atoms with Crippen LogP contribution in [0.3, 0.4) is 0 Å². The molecule has 7 nitrogen and oxygen atoms in total. The molecule has 1 unspecified atom stereocenters. The zero-order valence-electron chi connectivity index (χ0n) is 11.3. The van der Waals surface area contributed by atoms with E-state index in [0.29, 0.717) is 12.8 Å². The molecule has 2 bridgehead atoms. The Balaban J connectivity index is 2.61. The molecule has 112 valence electrons. The number of benzene rings is 1. The second-order valence-corrected chi connectivity index (χ2v) is 5.27. The fraction of sp³-hybridized carbons (Fsp3) is 0.385. The topological polar surface area (TPSA) is 101 Å². The highest BCUT2D eigenvalue weighted by atomic mass is 35.5. The standard InChI is InChI=1S/C13H14ClN3O4/c1-7-3-2-4-12(18)16-9-6-11(17(20)21)10(15-7)5-8(9)13(14)19/h5-7,15H,2-4H2,1H3,(H,16,18). The molecule has 2 N–H and O–H groups in total. The molecular weight excluding hydrogens is 298 g/mol. The SMILES string of the molecule is CC1CCCC(=O)Nc2cc([N+](=O)[O-])c(cc2C(=O)Cl)N1. The minimum Gasteiger partial charge on any atom is -0.377 e. The number of hydrogen-bond donors (Lipinski definition) is 2. The zero-order chi connectivity index (χ0) is 15.6. The average Bonchev–Trinajstić information content (AvgIpc) is 2.42. The van der Waals surface area contributed by atoms with Gasteiger partial charge in [0.25, 0.3) is 10.9 Å². The molecule has 1 aromatic rings. The molecule has 2 aliphatic heterocycles. The predicted octanol–water partition coefficient (Wildman–Crippen LogP) is 2.90. The van der Waals surface area contributed by atoms with Crippen molar-refractivity contribution in [3.63, 3.8) is 0 Å². The number of rotatable bonds is 2. The number of amides is 1. The van der Waals surface area contributed by atoms with Gasteiger partial charge in [-0.2, -0.15) is 0 Å². The lowest BCUT2D eigenvalue weighted by Gasteiger charge is -2.15. The van der Waals surface area contributed by atoms with E-state index in [4.69, 9.17) is 11.6 Å². The molecule has 0 aliphatic carbocycles. The second kappa shape index (κ2) is 6.09. The quantitative estimate of drug-likeness (QED) is 0.497. The smallest absolute Gasteiger partial charge is 0.294 e. The average molecular weight is 312 g/mol. The van der Waals surface area contributed by atoms with Crippen LogP contribution in [0, 0.1) is 10.1 Å². The van der Waals surface area contributed by atoms with Gasteiger partial charge in [-0.3, -0.25) is 19.7 Å². The zero-order valence-corrected chi connectivity index (χ0v) is 12.1. The van der Waals surface area contributed by atoms with Gasteiger partial charge in [0.05, 0.1) is 16.2 Å². The maximum atomic E-state index is 11.8. The summed E-state index contributed by atoms with van der Waals surface area (Å²) in [5.41, 5.74) is 0.108. The minimum absolute atomic E-state index is 0.0345. The fourth-order valence-electron chi connectivity index (χ4n) is 2.24. The van der Waals surface area contributed by atoms with Gasteiger partial charge < -0.3 is 10.6 Å². The Hall–Kier alpha value is -2.15. The maximum absolute atomic E-state index is 11.8. The van der Waals surface area contributed by atoms with Gasteiger partial charge in [-0.15, -0.1) is 0 Å². The molecule has 0 saturated carbocycles. The number of nitrogens with one attached hydrogen (secondary N) is 2. The molecule has 0 spiro atoms. The van der Waals surface area contributed by atoms with Gasteiger partial charge in [-0.05, 0) is 37.4 Å². The van der Waals surface area contributed by atoms with Gasteiger partial charge >= 0.3 is 0 Å². The number of hydrogen-bond acceptors (Lipinski definition) is 5. The van der Waals surface area contributed by atoms with E-state index in [0.717, 1.165) is 6.07 Å². The van der Waals surface area contributed by atoms with Gasteiger partial charge in [0.1, 0.15) is 5.69 Å². The van der Waals surface area contributed by atoms with E-state index in [1.165, 1.54) is 6.07 Å².